The van der Waals surface area contributed by atoms with Gasteiger partial charge in [-0.25, -0.2) is 0 Å². The number of amides is 1. The van der Waals surface area contributed by atoms with Crippen molar-refractivity contribution < 1.29 is 4.79 Å². The van der Waals surface area contributed by atoms with E-state index in [9.17, 15) is 4.79 Å². The fourth-order valence-corrected chi connectivity index (χ4v) is 3.21. The summed E-state index contributed by atoms with van der Waals surface area (Å²) >= 11 is 0. The number of pyridine rings is 1. The van der Waals surface area contributed by atoms with Gasteiger partial charge in [0.05, 0.1) is 12.2 Å². The minimum absolute atomic E-state index is 0.0256. The maximum absolute atomic E-state index is 12.3. The van der Waals surface area contributed by atoms with Crippen molar-refractivity contribution in [1.82, 2.24) is 9.88 Å². The number of likely N-dealkylation sites (tertiary alicyclic amines) is 1. The number of hydrogen-bond acceptors (Lipinski definition) is 2. The summed E-state index contributed by atoms with van der Waals surface area (Å²) in [6, 6.07) is 14.5. The molecule has 0 bridgehead atoms. The number of aromatic nitrogens is 1. The maximum Gasteiger partial charge on any atom is 0.222 e. The van der Waals surface area contributed by atoms with Gasteiger partial charge in [-0.15, -0.1) is 0 Å². The smallest absolute Gasteiger partial charge is 0.222 e. The summed E-state index contributed by atoms with van der Waals surface area (Å²) in [5, 5.41) is 0. The second-order valence-corrected chi connectivity index (χ2v) is 6.44. The van der Waals surface area contributed by atoms with E-state index in [0.29, 0.717) is 13.0 Å². The number of carbonyl (C=O) groups excluding carboxylic acids is 1. The molecule has 1 aromatic heterocycles. The summed E-state index contributed by atoms with van der Waals surface area (Å²) in [5.74, 6) is 0.235. The molecule has 0 radical (unpaired) electrons. The van der Waals surface area contributed by atoms with Gasteiger partial charge in [-0.05, 0) is 30.5 Å². The molecule has 0 N–H and O–H groups in total. The lowest BCUT2D eigenvalue weighted by Crippen LogP contribution is -2.47. The number of aryl methyl sites for hydroxylation is 1. The van der Waals surface area contributed by atoms with Crippen LogP contribution in [0.1, 0.15) is 36.6 Å². The number of carbonyl (C=O) groups is 1. The topological polar surface area (TPSA) is 33.2 Å². The highest BCUT2D eigenvalue weighted by Gasteiger charge is 2.36. The Morgan fingerprint density at radius 2 is 1.95 bits per heavy atom. The van der Waals surface area contributed by atoms with Crippen molar-refractivity contribution >= 4 is 5.91 Å². The molecule has 1 atom stereocenters. The van der Waals surface area contributed by atoms with Gasteiger partial charge in [-0.2, -0.15) is 0 Å². The lowest BCUT2D eigenvalue weighted by molar-refractivity contribution is -0.136. The van der Waals surface area contributed by atoms with Gasteiger partial charge in [0.2, 0.25) is 5.91 Å². The fraction of sp³-hybridized carbons (Fsp3) is 0.368. The van der Waals surface area contributed by atoms with Crippen LogP contribution in [0.2, 0.25) is 0 Å². The Bertz CT molecular complexity index is 668. The highest BCUT2D eigenvalue weighted by atomic mass is 16.2. The van der Waals surface area contributed by atoms with E-state index >= 15 is 0 Å². The number of hydrogen-bond donors (Lipinski definition) is 0. The van der Waals surface area contributed by atoms with Crippen LogP contribution in [-0.4, -0.2) is 22.3 Å². The SMILES string of the molecule is Cc1cccnc1CN1CC(C)(c2ccccc2)CCC1=O. The van der Waals surface area contributed by atoms with Crippen molar-refractivity contribution in [3.8, 4) is 0 Å². The Balaban J connectivity index is 1.83. The third-order valence-electron chi connectivity index (χ3n) is 4.71. The van der Waals surface area contributed by atoms with Crippen LogP contribution < -0.4 is 0 Å². The average molecular weight is 294 g/mol. The molecule has 1 aliphatic heterocycles. The second-order valence-electron chi connectivity index (χ2n) is 6.44. The molecule has 1 fully saturated rings. The van der Waals surface area contributed by atoms with Crippen LogP contribution in [0.15, 0.2) is 48.7 Å². The summed E-state index contributed by atoms with van der Waals surface area (Å²) in [7, 11) is 0. The fourth-order valence-electron chi connectivity index (χ4n) is 3.21. The molecule has 114 valence electrons. The quantitative estimate of drug-likeness (QED) is 0.868. The Morgan fingerprint density at radius 1 is 1.18 bits per heavy atom. The molecule has 2 heterocycles. The summed E-state index contributed by atoms with van der Waals surface area (Å²) < 4.78 is 0. The lowest BCUT2D eigenvalue weighted by Gasteiger charge is -2.40. The van der Waals surface area contributed by atoms with Crippen molar-refractivity contribution in [3.05, 3.63) is 65.5 Å². The zero-order valence-corrected chi connectivity index (χ0v) is 13.2. The Morgan fingerprint density at radius 3 is 2.68 bits per heavy atom. The van der Waals surface area contributed by atoms with Gasteiger partial charge in [0.1, 0.15) is 0 Å². The molecule has 3 rings (SSSR count). The van der Waals surface area contributed by atoms with Gasteiger partial charge >= 0.3 is 0 Å². The van der Waals surface area contributed by atoms with Gasteiger partial charge < -0.3 is 4.90 Å². The first-order chi connectivity index (χ1) is 10.6. The van der Waals surface area contributed by atoms with E-state index in [2.05, 4.69) is 36.2 Å². The van der Waals surface area contributed by atoms with Crippen LogP contribution in [-0.2, 0) is 16.8 Å². The maximum atomic E-state index is 12.3. The van der Waals surface area contributed by atoms with E-state index in [1.165, 1.54) is 5.56 Å². The normalized spacial score (nSPS) is 21.9. The lowest BCUT2D eigenvalue weighted by atomic mass is 9.75. The highest BCUT2D eigenvalue weighted by molar-refractivity contribution is 5.77. The molecule has 3 heteroatoms. The first kappa shape index (κ1) is 14.8. The third-order valence-corrected chi connectivity index (χ3v) is 4.71. The Hall–Kier alpha value is -2.16. The molecule has 0 spiro atoms. The standard InChI is InChI=1S/C19H22N2O/c1-15-7-6-12-20-17(15)13-21-14-19(2,11-10-18(21)22)16-8-4-3-5-9-16/h3-9,12H,10-11,13-14H2,1-2H3. The zero-order chi connectivity index (χ0) is 15.6. The van der Waals surface area contributed by atoms with E-state index in [4.69, 9.17) is 0 Å². The van der Waals surface area contributed by atoms with Crippen molar-refractivity contribution in [2.45, 2.75) is 38.6 Å². The Kier molecular flexibility index (Phi) is 3.97. The van der Waals surface area contributed by atoms with E-state index in [0.717, 1.165) is 24.2 Å². The molecular weight excluding hydrogens is 272 g/mol. The molecule has 0 aliphatic carbocycles. The van der Waals surface area contributed by atoms with Crippen LogP contribution in [0, 0.1) is 6.92 Å². The van der Waals surface area contributed by atoms with Crippen molar-refractivity contribution in [2.75, 3.05) is 6.54 Å². The van der Waals surface area contributed by atoms with Crippen LogP contribution in [0.3, 0.4) is 0 Å². The average Bonchev–Trinajstić information content (AvgIpc) is 2.54. The third kappa shape index (κ3) is 2.89. The molecule has 1 aromatic carbocycles. The van der Waals surface area contributed by atoms with E-state index in [1.807, 2.05) is 30.0 Å². The van der Waals surface area contributed by atoms with Gasteiger partial charge in [0.25, 0.3) is 0 Å². The number of nitrogens with zero attached hydrogens (tertiary/aromatic N) is 2. The van der Waals surface area contributed by atoms with Crippen LogP contribution in [0.25, 0.3) is 0 Å². The Labute approximate surface area is 132 Å². The molecule has 0 saturated carbocycles. The molecule has 1 unspecified atom stereocenters. The molecule has 1 aliphatic rings. The van der Waals surface area contributed by atoms with Crippen LogP contribution in [0.4, 0.5) is 0 Å². The minimum atomic E-state index is 0.0256. The first-order valence-corrected chi connectivity index (χ1v) is 7.82. The number of rotatable bonds is 3. The van der Waals surface area contributed by atoms with Crippen molar-refractivity contribution in [2.24, 2.45) is 0 Å². The zero-order valence-electron chi connectivity index (χ0n) is 13.2. The van der Waals surface area contributed by atoms with E-state index in [-0.39, 0.29) is 11.3 Å². The molecular formula is C19H22N2O. The highest BCUT2D eigenvalue weighted by Crippen LogP contribution is 2.34. The molecule has 2 aromatic rings. The van der Waals surface area contributed by atoms with Gasteiger partial charge in [0.15, 0.2) is 0 Å². The predicted octanol–water partition coefficient (Wildman–Crippen LogP) is 3.47. The number of piperidine rings is 1. The summed E-state index contributed by atoms with van der Waals surface area (Å²) in [5.41, 5.74) is 3.47. The summed E-state index contributed by atoms with van der Waals surface area (Å²) in [6.45, 7) is 5.67. The second kappa shape index (κ2) is 5.91. The van der Waals surface area contributed by atoms with E-state index < -0.39 is 0 Å². The van der Waals surface area contributed by atoms with Crippen molar-refractivity contribution in [3.63, 3.8) is 0 Å². The van der Waals surface area contributed by atoms with Crippen LogP contribution >= 0.6 is 0 Å². The molecule has 3 nitrogen and oxygen atoms in total. The van der Waals surface area contributed by atoms with Gasteiger partial charge in [-0.1, -0.05) is 43.3 Å². The van der Waals surface area contributed by atoms with Gasteiger partial charge in [0, 0.05) is 24.6 Å². The largest absolute Gasteiger partial charge is 0.336 e. The predicted molar refractivity (Wildman–Crippen MR) is 87.4 cm³/mol. The summed E-state index contributed by atoms with van der Waals surface area (Å²) in [6.07, 6.45) is 3.32. The summed E-state index contributed by atoms with van der Waals surface area (Å²) in [4.78, 5) is 18.7. The van der Waals surface area contributed by atoms with Crippen molar-refractivity contribution in [1.29, 1.82) is 0 Å². The molecule has 22 heavy (non-hydrogen) atoms. The monoisotopic (exact) mass is 294 g/mol. The first-order valence-electron chi connectivity index (χ1n) is 7.82. The van der Waals surface area contributed by atoms with Crippen LogP contribution in [0.5, 0.6) is 0 Å². The van der Waals surface area contributed by atoms with Gasteiger partial charge in [-0.3, -0.25) is 9.78 Å². The molecule has 1 amide bonds. The van der Waals surface area contributed by atoms with E-state index in [1.54, 1.807) is 6.20 Å². The number of benzene rings is 1. The minimum Gasteiger partial charge on any atom is -0.336 e. The molecule has 1 saturated heterocycles.